The summed E-state index contributed by atoms with van der Waals surface area (Å²) in [5, 5.41) is 9.24. The molecule has 0 saturated heterocycles. The molecule has 30 heavy (non-hydrogen) atoms. The number of nitrogens with one attached hydrogen (secondary N) is 2. The van der Waals surface area contributed by atoms with Gasteiger partial charge in [-0.2, -0.15) is 11.3 Å². The number of sulfonamides is 1. The average molecular weight is 448 g/mol. The van der Waals surface area contributed by atoms with Gasteiger partial charge in [0.25, 0.3) is 15.9 Å². The van der Waals surface area contributed by atoms with Gasteiger partial charge in [0.05, 0.1) is 16.9 Å². The highest BCUT2D eigenvalue weighted by Crippen LogP contribution is 2.28. The standard InChI is InChI=1S/C20H21N3O5S2/c1-10-6-11(2)18(15(7-10)14(5)24)21-19(25)16-8-29-9-17(16)30(26,27)23-20-12(3)13(4)22-28-20/h6-9,23H,1-5H3,(H,21,25). The number of carbonyl (C=O) groups excluding carboxylic acids is 2. The molecule has 3 aromatic rings. The number of rotatable bonds is 6. The number of amides is 1. The van der Waals surface area contributed by atoms with Gasteiger partial charge in [-0.1, -0.05) is 11.2 Å². The molecule has 1 amide bonds. The minimum Gasteiger partial charge on any atom is -0.337 e. The van der Waals surface area contributed by atoms with Gasteiger partial charge in [-0.3, -0.25) is 9.59 Å². The Balaban J connectivity index is 1.95. The molecule has 0 bridgehead atoms. The lowest BCUT2D eigenvalue weighted by atomic mass is 10.0. The summed E-state index contributed by atoms with van der Waals surface area (Å²) in [5.74, 6) is -0.831. The van der Waals surface area contributed by atoms with Crippen LogP contribution in [0.4, 0.5) is 11.6 Å². The van der Waals surface area contributed by atoms with Crippen LogP contribution in [0.2, 0.25) is 0 Å². The predicted molar refractivity (Wildman–Crippen MR) is 115 cm³/mol. The van der Waals surface area contributed by atoms with E-state index in [1.54, 1.807) is 26.8 Å². The van der Waals surface area contributed by atoms with E-state index in [9.17, 15) is 18.0 Å². The maximum Gasteiger partial charge on any atom is 0.265 e. The minimum absolute atomic E-state index is 0.00157. The molecule has 1 aromatic carbocycles. The van der Waals surface area contributed by atoms with Crippen molar-refractivity contribution in [2.45, 2.75) is 39.5 Å². The SMILES string of the molecule is CC(=O)c1cc(C)cc(C)c1NC(=O)c1cscc1S(=O)(=O)Nc1onc(C)c1C. The van der Waals surface area contributed by atoms with Crippen molar-refractivity contribution >= 4 is 44.6 Å². The van der Waals surface area contributed by atoms with Crippen LogP contribution < -0.4 is 10.0 Å². The largest absolute Gasteiger partial charge is 0.337 e. The summed E-state index contributed by atoms with van der Waals surface area (Å²) < 4.78 is 33.1. The Hall–Kier alpha value is -2.98. The van der Waals surface area contributed by atoms with Crippen molar-refractivity contribution in [2.24, 2.45) is 0 Å². The van der Waals surface area contributed by atoms with Crippen molar-refractivity contribution in [3.8, 4) is 0 Å². The molecule has 10 heteroatoms. The van der Waals surface area contributed by atoms with Crippen LogP contribution in [0.1, 0.15) is 50.0 Å². The summed E-state index contributed by atoms with van der Waals surface area (Å²) in [6, 6.07) is 3.52. The Labute approximate surface area is 178 Å². The van der Waals surface area contributed by atoms with Gasteiger partial charge in [0.2, 0.25) is 5.88 Å². The second-order valence-electron chi connectivity index (χ2n) is 6.99. The zero-order valence-electron chi connectivity index (χ0n) is 17.1. The molecule has 0 unspecified atom stereocenters. The molecule has 0 spiro atoms. The van der Waals surface area contributed by atoms with E-state index in [0.717, 1.165) is 16.9 Å². The average Bonchev–Trinajstić information content (AvgIpc) is 3.26. The number of aromatic nitrogens is 1. The molecule has 0 aliphatic carbocycles. The number of Topliss-reactive ketones (excluding diaryl/α,β-unsaturated/α-hetero) is 1. The molecule has 2 N–H and O–H groups in total. The Kier molecular flexibility index (Phi) is 5.82. The van der Waals surface area contributed by atoms with Gasteiger partial charge in [0, 0.05) is 21.9 Å². The van der Waals surface area contributed by atoms with Crippen LogP contribution in [-0.4, -0.2) is 25.3 Å². The smallest absolute Gasteiger partial charge is 0.265 e. The molecule has 0 atom stereocenters. The summed E-state index contributed by atoms with van der Waals surface area (Å²) in [5.41, 5.74) is 3.41. The van der Waals surface area contributed by atoms with Gasteiger partial charge in [-0.25, -0.2) is 13.1 Å². The van der Waals surface area contributed by atoms with Crippen LogP contribution in [0.3, 0.4) is 0 Å². The van der Waals surface area contributed by atoms with E-state index in [2.05, 4.69) is 15.2 Å². The number of hydrogen-bond donors (Lipinski definition) is 2. The van der Waals surface area contributed by atoms with Crippen molar-refractivity contribution in [1.29, 1.82) is 0 Å². The van der Waals surface area contributed by atoms with Crippen LogP contribution >= 0.6 is 11.3 Å². The first-order valence-electron chi connectivity index (χ1n) is 8.96. The number of anilines is 2. The van der Waals surface area contributed by atoms with E-state index in [0.29, 0.717) is 28.1 Å². The van der Waals surface area contributed by atoms with Gasteiger partial charge in [0.1, 0.15) is 4.90 Å². The van der Waals surface area contributed by atoms with E-state index in [1.165, 1.54) is 17.7 Å². The second-order valence-corrected chi connectivity index (χ2v) is 9.39. The number of nitrogens with zero attached hydrogens (tertiary/aromatic N) is 1. The molecule has 0 fully saturated rings. The molecule has 3 rings (SSSR count). The number of hydrogen-bond acceptors (Lipinski definition) is 7. The zero-order valence-corrected chi connectivity index (χ0v) is 18.7. The highest BCUT2D eigenvalue weighted by molar-refractivity contribution is 7.93. The Bertz CT molecular complexity index is 1260. The van der Waals surface area contributed by atoms with E-state index >= 15 is 0 Å². The lowest BCUT2D eigenvalue weighted by Gasteiger charge is -2.14. The molecule has 0 saturated carbocycles. The predicted octanol–water partition coefficient (Wildman–Crippen LogP) is 4.23. The third-order valence-electron chi connectivity index (χ3n) is 4.64. The molecular formula is C20H21N3O5S2. The van der Waals surface area contributed by atoms with E-state index in [4.69, 9.17) is 4.52 Å². The topological polar surface area (TPSA) is 118 Å². The minimum atomic E-state index is -4.09. The molecule has 2 heterocycles. The van der Waals surface area contributed by atoms with Gasteiger partial charge in [-0.05, 0) is 51.8 Å². The summed E-state index contributed by atoms with van der Waals surface area (Å²) in [6.07, 6.45) is 0. The lowest BCUT2D eigenvalue weighted by molar-refractivity contribution is 0.101. The van der Waals surface area contributed by atoms with Crippen molar-refractivity contribution < 1.29 is 22.5 Å². The molecule has 8 nitrogen and oxygen atoms in total. The quantitative estimate of drug-likeness (QED) is 0.546. The van der Waals surface area contributed by atoms with Gasteiger partial charge in [-0.15, -0.1) is 0 Å². The molecule has 0 aliphatic rings. The normalized spacial score (nSPS) is 11.4. The first kappa shape index (κ1) is 21.7. The van der Waals surface area contributed by atoms with Crippen molar-refractivity contribution in [3.05, 3.63) is 56.4 Å². The van der Waals surface area contributed by atoms with Gasteiger partial charge < -0.3 is 9.84 Å². The summed E-state index contributed by atoms with van der Waals surface area (Å²) in [6.45, 7) is 8.41. The highest BCUT2D eigenvalue weighted by atomic mass is 32.2. The van der Waals surface area contributed by atoms with E-state index in [-0.39, 0.29) is 22.1 Å². The van der Waals surface area contributed by atoms with Crippen LogP contribution in [0.15, 0.2) is 32.3 Å². The number of aryl methyl sites for hydroxylation is 3. The molecule has 0 aliphatic heterocycles. The first-order valence-corrected chi connectivity index (χ1v) is 11.4. The maximum absolute atomic E-state index is 12.9. The van der Waals surface area contributed by atoms with Crippen molar-refractivity contribution in [2.75, 3.05) is 10.0 Å². The number of carbonyl (C=O) groups is 2. The van der Waals surface area contributed by atoms with Crippen LogP contribution in [-0.2, 0) is 10.0 Å². The Morgan fingerprint density at radius 1 is 1.07 bits per heavy atom. The molecule has 2 aromatic heterocycles. The van der Waals surface area contributed by atoms with Crippen molar-refractivity contribution in [3.63, 3.8) is 0 Å². The first-order chi connectivity index (χ1) is 14.0. The summed E-state index contributed by atoms with van der Waals surface area (Å²) in [4.78, 5) is 24.8. The maximum atomic E-state index is 12.9. The molecule has 158 valence electrons. The van der Waals surface area contributed by atoms with Crippen molar-refractivity contribution in [1.82, 2.24) is 5.16 Å². The number of thiophene rings is 1. The highest BCUT2D eigenvalue weighted by Gasteiger charge is 2.27. The summed E-state index contributed by atoms with van der Waals surface area (Å²) >= 11 is 1.08. The number of ketones is 1. The second kappa shape index (κ2) is 8.04. The van der Waals surface area contributed by atoms with Crippen LogP contribution in [0, 0.1) is 27.7 Å². The Morgan fingerprint density at radius 3 is 2.37 bits per heavy atom. The summed E-state index contributed by atoms with van der Waals surface area (Å²) in [7, 11) is -4.09. The van der Waals surface area contributed by atoms with Gasteiger partial charge >= 0.3 is 0 Å². The zero-order chi connectivity index (χ0) is 22.2. The monoisotopic (exact) mass is 447 g/mol. The van der Waals surface area contributed by atoms with E-state index in [1.807, 2.05) is 13.0 Å². The van der Waals surface area contributed by atoms with E-state index < -0.39 is 15.9 Å². The van der Waals surface area contributed by atoms with Crippen LogP contribution in [0.5, 0.6) is 0 Å². The Morgan fingerprint density at radius 2 is 1.77 bits per heavy atom. The molecule has 0 radical (unpaired) electrons. The van der Waals surface area contributed by atoms with Crippen LogP contribution in [0.25, 0.3) is 0 Å². The fourth-order valence-corrected chi connectivity index (χ4v) is 5.36. The third kappa shape index (κ3) is 4.14. The number of benzene rings is 1. The fourth-order valence-electron chi connectivity index (χ4n) is 2.94. The van der Waals surface area contributed by atoms with Gasteiger partial charge in [0.15, 0.2) is 5.78 Å². The third-order valence-corrected chi connectivity index (χ3v) is 6.91. The fraction of sp³-hybridized carbons (Fsp3) is 0.250. The lowest BCUT2D eigenvalue weighted by Crippen LogP contribution is -2.20. The molecular weight excluding hydrogens is 426 g/mol.